The molecule has 0 aliphatic carbocycles. The summed E-state index contributed by atoms with van der Waals surface area (Å²) in [5, 5.41) is 3.07. The molecule has 1 aromatic rings. The molecule has 1 aromatic carbocycles. The van der Waals surface area contributed by atoms with Crippen LogP contribution in [0.15, 0.2) is 30.3 Å². The van der Waals surface area contributed by atoms with Crippen molar-refractivity contribution < 1.29 is 9.53 Å². The maximum atomic E-state index is 12.2. The SMILES string of the molecule is CNCCCC(=O)N1CC(C)OC(c2ccccc2)C1.Cl. The summed E-state index contributed by atoms with van der Waals surface area (Å²) >= 11 is 0. The molecule has 1 amide bonds. The lowest BCUT2D eigenvalue weighted by Crippen LogP contribution is -2.46. The summed E-state index contributed by atoms with van der Waals surface area (Å²) in [7, 11) is 1.91. The minimum Gasteiger partial charge on any atom is -0.367 e. The Labute approximate surface area is 133 Å². The number of morpholine rings is 1. The second-order valence-electron chi connectivity index (χ2n) is 5.35. The highest BCUT2D eigenvalue weighted by Gasteiger charge is 2.28. The van der Waals surface area contributed by atoms with Crippen LogP contribution in [0.3, 0.4) is 0 Å². The van der Waals surface area contributed by atoms with Crippen molar-refractivity contribution >= 4 is 18.3 Å². The molecule has 0 spiro atoms. The van der Waals surface area contributed by atoms with Gasteiger partial charge in [0.2, 0.25) is 5.91 Å². The van der Waals surface area contributed by atoms with E-state index in [9.17, 15) is 4.79 Å². The van der Waals surface area contributed by atoms with Crippen LogP contribution in [-0.2, 0) is 9.53 Å². The molecule has 1 aliphatic rings. The largest absolute Gasteiger partial charge is 0.367 e. The minimum absolute atomic E-state index is 0. The molecule has 1 saturated heterocycles. The molecule has 0 aromatic heterocycles. The van der Waals surface area contributed by atoms with Crippen LogP contribution in [0.5, 0.6) is 0 Å². The fraction of sp³-hybridized carbons (Fsp3) is 0.562. The molecule has 2 unspecified atom stereocenters. The van der Waals surface area contributed by atoms with Gasteiger partial charge in [-0.2, -0.15) is 0 Å². The molecule has 0 radical (unpaired) electrons. The van der Waals surface area contributed by atoms with Crippen molar-refractivity contribution in [3.05, 3.63) is 35.9 Å². The molecular weight excluding hydrogens is 288 g/mol. The fourth-order valence-electron chi connectivity index (χ4n) is 2.58. The summed E-state index contributed by atoms with van der Waals surface area (Å²) in [6.45, 7) is 4.27. The number of amides is 1. The number of nitrogens with one attached hydrogen (secondary N) is 1. The van der Waals surface area contributed by atoms with E-state index in [1.54, 1.807) is 0 Å². The summed E-state index contributed by atoms with van der Waals surface area (Å²) in [5.41, 5.74) is 1.15. The fourth-order valence-corrected chi connectivity index (χ4v) is 2.58. The van der Waals surface area contributed by atoms with Gasteiger partial charge >= 0.3 is 0 Å². The zero-order valence-corrected chi connectivity index (χ0v) is 13.6. The molecule has 21 heavy (non-hydrogen) atoms. The molecule has 5 heteroatoms. The van der Waals surface area contributed by atoms with E-state index in [0.29, 0.717) is 19.5 Å². The second-order valence-corrected chi connectivity index (χ2v) is 5.35. The third kappa shape index (κ3) is 5.30. The molecule has 118 valence electrons. The van der Waals surface area contributed by atoms with Gasteiger partial charge in [-0.1, -0.05) is 30.3 Å². The highest BCUT2D eigenvalue weighted by molar-refractivity contribution is 5.85. The number of hydrogen-bond donors (Lipinski definition) is 1. The predicted molar refractivity (Wildman–Crippen MR) is 86.7 cm³/mol. The molecule has 2 atom stereocenters. The normalized spacial score (nSPS) is 21.7. The first-order valence-electron chi connectivity index (χ1n) is 7.33. The molecule has 0 bridgehead atoms. The quantitative estimate of drug-likeness (QED) is 0.849. The van der Waals surface area contributed by atoms with E-state index in [-0.39, 0.29) is 30.5 Å². The van der Waals surface area contributed by atoms with E-state index >= 15 is 0 Å². The van der Waals surface area contributed by atoms with Crippen LogP contribution in [0.25, 0.3) is 0 Å². The zero-order chi connectivity index (χ0) is 14.4. The Morgan fingerprint density at radius 3 is 2.71 bits per heavy atom. The van der Waals surface area contributed by atoms with Crippen LogP contribution >= 0.6 is 12.4 Å². The first kappa shape index (κ1) is 18.0. The number of carbonyl (C=O) groups excluding carboxylic acids is 1. The van der Waals surface area contributed by atoms with Crippen LogP contribution in [0.2, 0.25) is 0 Å². The van der Waals surface area contributed by atoms with Crippen molar-refractivity contribution in [1.29, 1.82) is 0 Å². The van der Waals surface area contributed by atoms with Crippen molar-refractivity contribution in [2.75, 3.05) is 26.7 Å². The van der Waals surface area contributed by atoms with Gasteiger partial charge in [0, 0.05) is 13.0 Å². The summed E-state index contributed by atoms with van der Waals surface area (Å²) < 4.78 is 5.97. The number of rotatable bonds is 5. The van der Waals surface area contributed by atoms with E-state index in [1.807, 2.05) is 37.1 Å². The number of carbonyl (C=O) groups is 1. The smallest absolute Gasteiger partial charge is 0.222 e. The third-order valence-corrected chi connectivity index (χ3v) is 3.60. The van der Waals surface area contributed by atoms with Gasteiger partial charge in [-0.05, 0) is 32.5 Å². The topological polar surface area (TPSA) is 41.6 Å². The Kier molecular flexibility index (Phi) is 7.72. The Morgan fingerprint density at radius 2 is 2.05 bits per heavy atom. The molecule has 2 rings (SSSR count). The van der Waals surface area contributed by atoms with Gasteiger partial charge in [0.15, 0.2) is 0 Å². The molecule has 1 fully saturated rings. The maximum absolute atomic E-state index is 12.2. The average molecular weight is 313 g/mol. The van der Waals surface area contributed by atoms with Crippen molar-refractivity contribution in [3.8, 4) is 0 Å². The average Bonchev–Trinajstić information content (AvgIpc) is 2.47. The number of nitrogens with zero attached hydrogens (tertiary/aromatic N) is 1. The lowest BCUT2D eigenvalue weighted by molar-refractivity contribution is -0.145. The Balaban J connectivity index is 0.00000220. The van der Waals surface area contributed by atoms with E-state index in [4.69, 9.17) is 4.74 Å². The number of hydrogen-bond acceptors (Lipinski definition) is 3. The van der Waals surface area contributed by atoms with Crippen LogP contribution in [0.4, 0.5) is 0 Å². The summed E-state index contributed by atoms with van der Waals surface area (Å²) in [6.07, 6.45) is 1.57. The lowest BCUT2D eigenvalue weighted by Gasteiger charge is -2.37. The lowest BCUT2D eigenvalue weighted by atomic mass is 10.1. The summed E-state index contributed by atoms with van der Waals surface area (Å²) in [5.74, 6) is 0.233. The van der Waals surface area contributed by atoms with Gasteiger partial charge in [0.1, 0.15) is 6.10 Å². The predicted octanol–water partition coefficient (Wildman–Crippen LogP) is 2.40. The Morgan fingerprint density at radius 1 is 1.33 bits per heavy atom. The van der Waals surface area contributed by atoms with Crippen molar-refractivity contribution in [1.82, 2.24) is 10.2 Å². The van der Waals surface area contributed by atoms with E-state index in [2.05, 4.69) is 17.4 Å². The zero-order valence-electron chi connectivity index (χ0n) is 12.7. The maximum Gasteiger partial charge on any atom is 0.222 e. The van der Waals surface area contributed by atoms with Gasteiger partial charge in [-0.25, -0.2) is 0 Å². The molecule has 1 aliphatic heterocycles. The van der Waals surface area contributed by atoms with Gasteiger partial charge in [-0.15, -0.1) is 12.4 Å². The Bertz CT molecular complexity index is 428. The van der Waals surface area contributed by atoms with Gasteiger partial charge in [-0.3, -0.25) is 4.79 Å². The molecule has 4 nitrogen and oxygen atoms in total. The van der Waals surface area contributed by atoms with Crippen LogP contribution in [-0.4, -0.2) is 43.6 Å². The van der Waals surface area contributed by atoms with E-state index < -0.39 is 0 Å². The molecule has 1 heterocycles. The first-order chi connectivity index (χ1) is 9.70. The third-order valence-electron chi connectivity index (χ3n) is 3.60. The highest BCUT2D eigenvalue weighted by atomic mass is 35.5. The highest BCUT2D eigenvalue weighted by Crippen LogP contribution is 2.25. The van der Waals surface area contributed by atoms with Crippen LogP contribution < -0.4 is 5.32 Å². The van der Waals surface area contributed by atoms with Crippen LogP contribution in [0.1, 0.15) is 31.4 Å². The van der Waals surface area contributed by atoms with Crippen molar-refractivity contribution in [2.24, 2.45) is 0 Å². The van der Waals surface area contributed by atoms with Crippen molar-refractivity contribution in [2.45, 2.75) is 32.0 Å². The second kappa shape index (κ2) is 9.03. The summed E-state index contributed by atoms with van der Waals surface area (Å²) in [4.78, 5) is 14.2. The number of halogens is 1. The number of ether oxygens (including phenoxy) is 1. The number of benzene rings is 1. The minimum atomic E-state index is -0.00630. The monoisotopic (exact) mass is 312 g/mol. The first-order valence-corrected chi connectivity index (χ1v) is 7.33. The van der Waals surface area contributed by atoms with Crippen LogP contribution in [0, 0.1) is 0 Å². The molecular formula is C16H25ClN2O2. The van der Waals surface area contributed by atoms with Gasteiger partial charge in [0.05, 0.1) is 12.6 Å². The van der Waals surface area contributed by atoms with Gasteiger partial charge in [0.25, 0.3) is 0 Å². The Hall–Kier alpha value is -1.10. The van der Waals surface area contributed by atoms with E-state index in [0.717, 1.165) is 18.5 Å². The molecule has 0 saturated carbocycles. The van der Waals surface area contributed by atoms with Gasteiger partial charge < -0.3 is 15.0 Å². The standard InChI is InChI=1S/C16H24N2O2.ClH/c1-13-11-18(16(19)9-6-10-17-2)12-15(20-13)14-7-4-3-5-8-14;/h3-5,7-8,13,15,17H,6,9-12H2,1-2H3;1H. The van der Waals surface area contributed by atoms with E-state index in [1.165, 1.54) is 0 Å². The molecule has 1 N–H and O–H groups in total. The summed E-state index contributed by atoms with van der Waals surface area (Å²) in [6, 6.07) is 10.1. The van der Waals surface area contributed by atoms with Crippen molar-refractivity contribution in [3.63, 3.8) is 0 Å².